The number of rotatable bonds is 12. The average molecular weight is 488 g/mol. The number of nitrogens with zero attached hydrogens (tertiary/aromatic N) is 2. The second-order valence-electron chi connectivity index (χ2n) is 7.67. The lowest BCUT2D eigenvalue weighted by atomic mass is 10.1. The Balaban J connectivity index is 2.18. The predicted molar refractivity (Wildman–Crippen MR) is 136 cm³/mol. The highest BCUT2D eigenvalue weighted by Crippen LogP contribution is 2.30. The number of nitrogens with one attached hydrogen (secondary N) is 1. The molecule has 8 heteroatoms. The van der Waals surface area contributed by atoms with Gasteiger partial charge >= 0.3 is 5.97 Å². The van der Waals surface area contributed by atoms with E-state index in [4.69, 9.17) is 14.2 Å². The van der Waals surface area contributed by atoms with Crippen LogP contribution in [0.1, 0.15) is 44.2 Å². The van der Waals surface area contributed by atoms with Crippen molar-refractivity contribution in [3.63, 3.8) is 0 Å². The molecular formula is C28H29N3O5. The molecule has 0 spiro atoms. The van der Waals surface area contributed by atoms with Crippen molar-refractivity contribution < 1.29 is 23.8 Å². The highest BCUT2D eigenvalue weighted by atomic mass is 16.6. The number of ether oxygens (including phenoxy) is 3. The van der Waals surface area contributed by atoms with E-state index in [1.807, 2.05) is 19.1 Å². The zero-order valence-electron chi connectivity index (χ0n) is 20.7. The lowest BCUT2D eigenvalue weighted by molar-refractivity contribution is -0.129. The molecule has 0 bridgehead atoms. The maximum Gasteiger partial charge on any atom is 0.354 e. The van der Waals surface area contributed by atoms with Gasteiger partial charge in [-0.3, -0.25) is 4.79 Å². The van der Waals surface area contributed by atoms with E-state index in [2.05, 4.69) is 12.2 Å². The Bertz CT molecular complexity index is 1200. The van der Waals surface area contributed by atoms with Gasteiger partial charge in [0.1, 0.15) is 29.0 Å². The van der Waals surface area contributed by atoms with Crippen LogP contribution >= 0.6 is 0 Å². The lowest BCUT2D eigenvalue weighted by Crippen LogP contribution is -2.25. The average Bonchev–Trinajstić information content (AvgIpc) is 2.90. The Kier molecular flexibility index (Phi) is 11.3. The van der Waals surface area contributed by atoms with Gasteiger partial charge in [-0.25, -0.2) is 4.79 Å². The van der Waals surface area contributed by atoms with Crippen molar-refractivity contribution in [1.82, 2.24) is 5.32 Å². The van der Waals surface area contributed by atoms with Crippen molar-refractivity contribution in [3.05, 3.63) is 64.7 Å². The van der Waals surface area contributed by atoms with E-state index in [0.29, 0.717) is 30.0 Å². The fourth-order valence-corrected chi connectivity index (χ4v) is 2.96. The van der Waals surface area contributed by atoms with Gasteiger partial charge in [0.25, 0.3) is 5.91 Å². The number of nitriles is 2. The summed E-state index contributed by atoms with van der Waals surface area (Å²) in [4.78, 5) is 24.7. The summed E-state index contributed by atoms with van der Waals surface area (Å²) in [7, 11) is 1.39. The largest absolute Gasteiger partial charge is 0.494 e. The highest BCUT2D eigenvalue weighted by Gasteiger charge is 2.16. The minimum atomic E-state index is -0.848. The normalized spacial score (nSPS) is 11.1. The summed E-state index contributed by atoms with van der Waals surface area (Å²) in [5.74, 6) is -0.316. The Labute approximate surface area is 211 Å². The zero-order chi connectivity index (χ0) is 26.3. The number of methoxy groups -OCH3 is 1. The van der Waals surface area contributed by atoms with Crippen LogP contribution in [0.3, 0.4) is 0 Å². The van der Waals surface area contributed by atoms with Crippen LogP contribution in [0, 0.1) is 22.7 Å². The molecule has 186 valence electrons. The van der Waals surface area contributed by atoms with Gasteiger partial charge in [-0.15, -0.1) is 0 Å². The van der Waals surface area contributed by atoms with E-state index in [0.717, 1.165) is 19.3 Å². The number of unbranched alkanes of at least 4 members (excludes halogenated alkanes) is 1. The highest BCUT2D eigenvalue weighted by molar-refractivity contribution is 6.02. The Hall–Kier alpha value is -4.56. The quantitative estimate of drug-likeness (QED) is 0.150. The van der Waals surface area contributed by atoms with Crippen LogP contribution in [0.4, 0.5) is 0 Å². The summed E-state index contributed by atoms with van der Waals surface area (Å²) in [5, 5.41) is 21.4. The topological polar surface area (TPSA) is 121 Å². The first-order valence-corrected chi connectivity index (χ1v) is 11.6. The molecule has 0 aliphatic heterocycles. The molecule has 0 aliphatic carbocycles. The number of carbonyl (C=O) groups is 2. The van der Waals surface area contributed by atoms with E-state index >= 15 is 0 Å². The van der Waals surface area contributed by atoms with Gasteiger partial charge < -0.3 is 19.5 Å². The first-order valence-electron chi connectivity index (χ1n) is 11.6. The van der Waals surface area contributed by atoms with Crippen LogP contribution in [0.25, 0.3) is 12.2 Å². The standard InChI is InChI=1S/C28H29N3O5/c1-4-6-14-35-24-10-7-20(8-11-24)15-23(19-30)28(33)36-25-12-9-21(17-26(25)34-3)16-22(18-29)27(32)31-13-5-2/h7-12,15-17H,4-6,13-14H2,1-3H3,(H,31,32)/b22-16+,23-15+. The van der Waals surface area contributed by atoms with Crippen molar-refractivity contribution >= 4 is 24.0 Å². The third kappa shape index (κ3) is 8.34. The van der Waals surface area contributed by atoms with E-state index in [-0.39, 0.29) is 22.6 Å². The van der Waals surface area contributed by atoms with Crippen LogP contribution in [0.5, 0.6) is 17.2 Å². The minimum absolute atomic E-state index is 0.0632. The maximum absolute atomic E-state index is 12.7. The number of amides is 1. The summed E-state index contributed by atoms with van der Waals surface area (Å²) in [6.07, 6.45) is 5.58. The molecule has 0 aromatic heterocycles. The van der Waals surface area contributed by atoms with Crippen LogP contribution in [-0.2, 0) is 9.59 Å². The van der Waals surface area contributed by atoms with Gasteiger partial charge in [-0.05, 0) is 60.4 Å². The van der Waals surface area contributed by atoms with E-state index in [9.17, 15) is 20.1 Å². The molecular weight excluding hydrogens is 458 g/mol. The molecule has 8 nitrogen and oxygen atoms in total. The van der Waals surface area contributed by atoms with Gasteiger partial charge in [0.15, 0.2) is 11.5 Å². The zero-order valence-corrected chi connectivity index (χ0v) is 20.7. The molecule has 2 aromatic rings. The summed E-state index contributed by atoms with van der Waals surface area (Å²) in [6, 6.07) is 15.4. The van der Waals surface area contributed by atoms with Crippen LogP contribution in [0.2, 0.25) is 0 Å². The van der Waals surface area contributed by atoms with E-state index in [1.165, 1.54) is 31.4 Å². The van der Waals surface area contributed by atoms with Crippen molar-refractivity contribution in [1.29, 1.82) is 10.5 Å². The molecule has 0 aliphatic rings. The first-order chi connectivity index (χ1) is 17.4. The van der Waals surface area contributed by atoms with Crippen molar-refractivity contribution in [2.45, 2.75) is 33.1 Å². The fraction of sp³-hybridized carbons (Fsp3) is 0.286. The second-order valence-corrected chi connectivity index (χ2v) is 7.67. The second kappa shape index (κ2) is 14.6. The number of hydrogen-bond acceptors (Lipinski definition) is 7. The molecule has 0 atom stereocenters. The molecule has 0 fully saturated rings. The SMILES string of the molecule is CCCCOc1ccc(/C=C(\C#N)C(=O)Oc2ccc(/C=C(\C#N)C(=O)NCCC)cc2OC)cc1. The molecule has 2 rings (SSSR count). The summed E-state index contributed by atoms with van der Waals surface area (Å²) in [6.45, 7) is 5.08. The molecule has 0 saturated heterocycles. The third-order valence-electron chi connectivity index (χ3n) is 4.90. The Morgan fingerprint density at radius 2 is 1.58 bits per heavy atom. The van der Waals surface area contributed by atoms with E-state index in [1.54, 1.807) is 30.3 Å². The van der Waals surface area contributed by atoms with E-state index < -0.39 is 11.9 Å². The molecule has 0 unspecified atom stereocenters. The smallest absolute Gasteiger partial charge is 0.354 e. The van der Waals surface area contributed by atoms with Gasteiger partial charge in [-0.1, -0.05) is 38.5 Å². The number of hydrogen-bond donors (Lipinski definition) is 1. The molecule has 2 aromatic carbocycles. The molecule has 1 N–H and O–H groups in total. The van der Waals surface area contributed by atoms with Gasteiger partial charge in [0.05, 0.1) is 13.7 Å². The molecule has 0 heterocycles. The van der Waals surface area contributed by atoms with Crippen LogP contribution in [0.15, 0.2) is 53.6 Å². The number of esters is 1. The van der Waals surface area contributed by atoms with Crippen LogP contribution in [-0.4, -0.2) is 32.1 Å². The fourth-order valence-electron chi connectivity index (χ4n) is 2.96. The minimum Gasteiger partial charge on any atom is -0.494 e. The summed E-state index contributed by atoms with van der Waals surface area (Å²) >= 11 is 0. The molecule has 0 saturated carbocycles. The number of benzene rings is 2. The van der Waals surface area contributed by atoms with Crippen LogP contribution < -0.4 is 19.5 Å². The van der Waals surface area contributed by atoms with Crippen molar-refractivity contribution in [3.8, 4) is 29.4 Å². The van der Waals surface area contributed by atoms with Gasteiger partial charge in [0, 0.05) is 6.54 Å². The Morgan fingerprint density at radius 1 is 0.917 bits per heavy atom. The number of carbonyl (C=O) groups excluding carboxylic acids is 2. The van der Waals surface area contributed by atoms with Crippen molar-refractivity contribution in [2.75, 3.05) is 20.3 Å². The predicted octanol–water partition coefficient (Wildman–Crippen LogP) is 4.82. The summed E-state index contributed by atoms with van der Waals surface area (Å²) < 4.78 is 16.3. The van der Waals surface area contributed by atoms with Crippen molar-refractivity contribution in [2.24, 2.45) is 0 Å². The summed E-state index contributed by atoms with van der Waals surface area (Å²) in [5.41, 5.74) is 0.892. The third-order valence-corrected chi connectivity index (χ3v) is 4.90. The van der Waals surface area contributed by atoms with Gasteiger partial charge in [-0.2, -0.15) is 10.5 Å². The molecule has 0 radical (unpaired) electrons. The molecule has 1 amide bonds. The first kappa shape index (κ1) is 27.7. The Morgan fingerprint density at radius 3 is 2.19 bits per heavy atom. The lowest BCUT2D eigenvalue weighted by Gasteiger charge is -2.10. The monoisotopic (exact) mass is 487 g/mol. The molecule has 36 heavy (non-hydrogen) atoms. The van der Waals surface area contributed by atoms with Gasteiger partial charge in [0.2, 0.25) is 0 Å². The maximum atomic E-state index is 12.7.